The van der Waals surface area contributed by atoms with Gasteiger partial charge in [0.25, 0.3) is 0 Å². The summed E-state index contributed by atoms with van der Waals surface area (Å²) in [5.41, 5.74) is 32.0. The summed E-state index contributed by atoms with van der Waals surface area (Å²) in [7, 11) is 0. The summed E-state index contributed by atoms with van der Waals surface area (Å²) >= 11 is 0. The molecule has 5 nitrogen and oxygen atoms in total. The van der Waals surface area contributed by atoms with Crippen molar-refractivity contribution in [3.63, 3.8) is 0 Å². The minimum absolute atomic E-state index is 0.269. The van der Waals surface area contributed by atoms with Crippen molar-refractivity contribution in [2.24, 2.45) is 0 Å². The maximum absolute atomic E-state index is 5.96. The van der Waals surface area contributed by atoms with Crippen LogP contribution >= 0.6 is 0 Å². The minimum Gasteiger partial charge on any atom is -0.397 e. The Morgan fingerprint density at radius 2 is 1.00 bits per heavy atom. The summed E-state index contributed by atoms with van der Waals surface area (Å²) in [6.45, 7) is 4.16. The van der Waals surface area contributed by atoms with Crippen LogP contribution in [0.1, 0.15) is 38.2 Å². The Bertz CT molecular complexity index is 367. The van der Waals surface area contributed by atoms with E-state index in [-0.39, 0.29) is 11.6 Å². The third-order valence-corrected chi connectivity index (χ3v) is 3.13. The van der Waals surface area contributed by atoms with E-state index in [1.165, 1.54) is 0 Å². The SMILES string of the molecule is CCC(CC)c1c(N)c(N)c(N)c(N)c1N. The summed E-state index contributed by atoms with van der Waals surface area (Å²) in [6, 6.07) is 0. The number of hydrogen-bond acceptors (Lipinski definition) is 5. The highest BCUT2D eigenvalue weighted by Gasteiger charge is 2.20. The lowest BCUT2D eigenvalue weighted by Crippen LogP contribution is -2.13. The van der Waals surface area contributed by atoms with E-state index in [4.69, 9.17) is 28.7 Å². The fourth-order valence-corrected chi connectivity index (χ4v) is 2.01. The summed E-state index contributed by atoms with van der Waals surface area (Å²) in [4.78, 5) is 0. The van der Waals surface area contributed by atoms with Crippen LogP contribution in [0.15, 0.2) is 0 Å². The van der Waals surface area contributed by atoms with Crippen LogP contribution in [-0.2, 0) is 0 Å². The van der Waals surface area contributed by atoms with Gasteiger partial charge in [0.2, 0.25) is 0 Å². The van der Waals surface area contributed by atoms with Crippen LogP contribution in [0.5, 0.6) is 0 Å². The molecule has 1 aromatic carbocycles. The topological polar surface area (TPSA) is 130 Å². The molecule has 0 spiro atoms. The molecule has 0 radical (unpaired) electrons. The number of nitrogens with two attached hydrogens (primary N) is 5. The molecule has 1 rings (SSSR count). The molecule has 5 heteroatoms. The van der Waals surface area contributed by atoms with Crippen molar-refractivity contribution in [3.05, 3.63) is 5.56 Å². The zero-order valence-corrected chi connectivity index (χ0v) is 9.88. The zero-order valence-electron chi connectivity index (χ0n) is 9.88. The van der Waals surface area contributed by atoms with Gasteiger partial charge in [0.05, 0.1) is 28.4 Å². The molecule has 0 heterocycles. The van der Waals surface area contributed by atoms with Crippen molar-refractivity contribution in [1.82, 2.24) is 0 Å². The number of benzene rings is 1. The second-order valence-corrected chi connectivity index (χ2v) is 4.00. The number of anilines is 5. The molecule has 0 aliphatic rings. The fourth-order valence-electron chi connectivity index (χ4n) is 2.01. The van der Waals surface area contributed by atoms with Crippen molar-refractivity contribution >= 4 is 28.4 Å². The summed E-state index contributed by atoms with van der Waals surface area (Å²) < 4.78 is 0. The van der Waals surface area contributed by atoms with Crippen LogP contribution in [0.4, 0.5) is 28.4 Å². The molecule has 10 N–H and O–H groups in total. The van der Waals surface area contributed by atoms with Gasteiger partial charge in [-0.15, -0.1) is 0 Å². The van der Waals surface area contributed by atoms with Crippen molar-refractivity contribution in [2.45, 2.75) is 32.6 Å². The van der Waals surface area contributed by atoms with Gasteiger partial charge in [-0.1, -0.05) is 13.8 Å². The molecule has 0 fully saturated rings. The highest BCUT2D eigenvalue weighted by molar-refractivity contribution is 5.96. The van der Waals surface area contributed by atoms with E-state index in [1.807, 2.05) is 0 Å². The molecule has 0 aliphatic carbocycles. The predicted octanol–water partition coefficient (Wildman–Crippen LogP) is 1.50. The van der Waals surface area contributed by atoms with E-state index in [9.17, 15) is 0 Å². The average Bonchev–Trinajstić information content (AvgIpc) is 2.29. The summed E-state index contributed by atoms with van der Waals surface area (Å²) in [5.74, 6) is 0.269. The van der Waals surface area contributed by atoms with Gasteiger partial charge in [0.1, 0.15) is 0 Å². The van der Waals surface area contributed by atoms with Crippen molar-refractivity contribution in [2.75, 3.05) is 28.7 Å². The first kappa shape index (κ1) is 12.3. The molecule has 0 aromatic heterocycles. The molecule has 0 unspecified atom stereocenters. The first-order chi connectivity index (χ1) is 7.45. The lowest BCUT2D eigenvalue weighted by molar-refractivity contribution is 0.646. The Balaban J connectivity index is 3.50. The molecule has 1 aromatic rings. The Morgan fingerprint density at radius 1 is 0.688 bits per heavy atom. The lowest BCUT2D eigenvalue weighted by Gasteiger charge is -2.22. The first-order valence-electron chi connectivity index (χ1n) is 5.46. The summed E-state index contributed by atoms with van der Waals surface area (Å²) in [6.07, 6.45) is 1.88. The molecular weight excluding hydrogens is 202 g/mol. The van der Waals surface area contributed by atoms with Gasteiger partial charge in [-0.25, -0.2) is 0 Å². The van der Waals surface area contributed by atoms with Crippen LogP contribution in [0.3, 0.4) is 0 Å². The molecule has 0 amide bonds. The number of nitrogen functional groups attached to an aromatic ring is 5. The van der Waals surface area contributed by atoms with E-state index >= 15 is 0 Å². The van der Waals surface area contributed by atoms with Gasteiger partial charge in [-0.2, -0.15) is 0 Å². The summed E-state index contributed by atoms with van der Waals surface area (Å²) in [5, 5.41) is 0. The third-order valence-electron chi connectivity index (χ3n) is 3.13. The van der Waals surface area contributed by atoms with Gasteiger partial charge in [-0.05, 0) is 18.8 Å². The Hall–Kier alpha value is -1.78. The van der Waals surface area contributed by atoms with Gasteiger partial charge in [0, 0.05) is 5.56 Å². The molecule has 90 valence electrons. The number of hydrogen-bond donors (Lipinski definition) is 5. The fraction of sp³-hybridized carbons (Fsp3) is 0.455. The third kappa shape index (κ3) is 1.68. The molecule has 0 saturated heterocycles. The van der Waals surface area contributed by atoms with E-state index in [2.05, 4.69) is 13.8 Å². The zero-order chi connectivity index (χ0) is 12.5. The standard InChI is InChI=1S/C11H21N5/c1-3-5(4-2)6-7(12)9(14)11(16)10(15)8(6)13/h5H,3-4,12-16H2,1-2H3. The highest BCUT2D eigenvalue weighted by atomic mass is 14.8. The van der Waals surface area contributed by atoms with E-state index in [1.54, 1.807) is 0 Å². The van der Waals surface area contributed by atoms with Crippen LogP contribution in [0, 0.1) is 0 Å². The minimum atomic E-state index is 0.269. The van der Waals surface area contributed by atoms with E-state index in [0.717, 1.165) is 18.4 Å². The monoisotopic (exact) mass is 223 g/mol. The Kier molecular flexibility index (Phi) is 3.37. The molecule has 16 heavy (non-hydrogen) atoms. The van der Waals surface area contributed by atoms with Crippen molar-refractivity contribution in [1.29, 1.82) is 0 Å². The van der Waals surface area contributed by atoms with Gasteiger partial charge < -0.3 is 28.7 Å². The molecule has 0 bridgehead atoms. The van der Waals surface area contributed by atoms with Crippen LogP contribution < -0.4 is 28.7 Å². The first-order valence-corrected chi connectivity index (χ1v) is 5.46. The molecular formula is C11H21N5. The van der Waals surface area contributed by atoms with Crippen LogP contribution in [0.25, 0.3) is 0 Å². The Labute approximate surface area is 96.0 Å². The second-order valence-electron chi connectivity index (χ2n) is 4.00. The maximum atomic E-state index is 5.96. The molecule has 0 atom stereocenters. The van der Waals surface area contributed by atoms with Crippen LogP contribution in [0.2, 0.25) is 0 Å². The van der Waals surface area contributed by atoms with E-state index in [0.29, 0.717) is 22.7 Å². The average molecular weight is 223 g/mol. The molecule has 0 saturated carbocycles. The second kappa shape index (κ2) is 4.38. The smallest absolute Gasteiger partial charge is 0.0824 e. The quantitative estimate of drug-likeness (QED) is 0.496. The predicted molar refractivity (Wildman–Crippen MR) is 71.8 cm³/mol. The van der Waals surface area contributed by atoms with Gasteiger partial charge in [-0.3, -0.25) is 0 Å². The Morgan fingerprint density at radius 3 is 1.31 bits per heavy atom. The van der Waals surface area contributed by atoms with E-state index < -0.39 is 0 Å². The highest BCUT2D eigenvalue weighted by Crippen LogP contribution is 2.43. The van der Waals surface area contributed by atoms with Crippen molar-refractivity contribution < 1.29 is 0 Å². The van der Waals surface area contributed by atoms with Gasteiger partial charge >= 0.3 is 0 Å². The normalized spacial score (nSPS) is 10.9. The van der Waals surface area contributed by atoms with Crippen LogP contribution in [-0.4, -0.2) is 0 Å². The van der Waals surface area contributed by atoms with Crippen molar-refractivity contribution in [3.8, 4) is 0 Å². The molecule has 0 aliphatic heterocycles. The lowest BCUT2D eigenvalue weighted by atomic mass is 9.89. The largest absolute Gasteiger partial charge is 0.397 e. The maximum Gasteiger partial charge on any atom is 0.0824 e. The number of rotatable bonds is 3. The van der Waals surface area contributed by atoms with Gasteiger partial charge in [0.15, 0.2) is 0 Å².